The second kappa shape index (κ2) is 10.00. The third kappa shape index (κ3) is 6.17. The van der Waals surface area contributed by atoms with Crippen molar-refractivity contribution in [3.63, 3.8) is 0 Å². The van der Waals surface area contributed by atoms with E-state index < -0.39 is 5.54 Å². The van der Waals surface area contributed by atoms with Gasteiger partial charge in [0.25, 0.3) is 0 Å². The zero-order valence-corrected chi connectivity index (χ0v) is 16.6. The number of carbonyl (C=O) groups excluding carboxylic acids is 1. The SMILES string of the molecule is CCCC(C)(N)C(=O)N(C)CCN1CCN(c2ccccc2)CC1.Cl. The highest BCUT2D eigenvalue weighted by atomic mass is 35.5. The summed E-state index contributed by atoms with van der Waals surface area (Å²) in [5.74, 6) is 0.0484. The van der Waals surface area contributed by atoms with Crippen LogP contribution in [0.15, 0.2) is 30.3 Å². The number of hydrogen-bond donors (Lipinski definition) is 1. The number of rotatable bonds is 7. The lowest BCUT2D eigenvalue weighted by Gasteiger charge is -2.37. The Hall–Kier alpha value is -1.30. The van der Waals surface area contributed by atoms with Crippen LogP contribution in [-0.2, 0) is 4.79 Å². The van der Waals surface area contributed by atoms with E-state index in [1.807, 2.05) is 14.0 Å². The zero-order valence-electron chi connectivity index (χ0n) is 15.8. The van der Waals surface area contributed by atoms with Crippen molar-refractivity contribution in [3.8, 4) is 0 Å². The minimum absolute atomic E-state index is 0. The molecule has 25 heavy (non-hydrogen) atoms. The molecule has 0 saturated carbocycles. The van der Waals surface area contributed by atoms with Gasteiger partial charge in [0, 0.05) is 52.0 Å². The van der Waals surface area contributed by atoms with Gasteiger partial charge in [-0.25, -0.2) is 0 Å². The van der Waals surface area contributed by atoms with Gasteiger partial charge in [-0.1, -0.05) is 31.5 Å². The summed E-state index contributed by atoms with van der Waals surface area (Å²) in [6.07, 6.45) is 1.65. The van der Waals surface area contributed by atoms with E-state index in [2.05, 4.69) is 47.1 Å². The third-order valence-corrected chi connectivity index (χ3v) is 4.85. The van der Waals surface area contributed by atoms with Crippen LogP contribution in [0.3, 0.4) is 0 Å². The molecule has 1 aliphatic rings. The molecule has 1 saturated heterocycles. The molecule has 0 aliphatic carbocycles. The van der Waals surface area contributed by atoms with E-state index in [0.29, 0.717) is 0 Å². The number of carbonyl (C=O) groups is 1. The molecule has 1 amide bonds. The van der Waals surface area contributed by atoms with E-state index in [1.54, 1.807) is 4.90 Å². The van der Waals surface area contributed by atoms with E-state index in [1.165, 1.54) is 5.69 Å². The Balaban J connectivity index is 0.00000312. The number of hydrogen-bond acceptors (Lipinski definition) is 4. The van der Waals surface area contributed by atoms with Crippen molar-refractivity contribution in [2.75, 3.05) is 51.2 Å². The predicted molar refractivity (Wildman–Crippen MR) is 107 cm³/mol. The fourth-order valence-electron chi connectivity index (χ4n) is 3.32. The van der Waals surface area contributed by atoms with Crippen LogP contribution < -0.4 is 10.6 Å². The molecule has 1 aromatic carbocycles. The van der Waals surface area contributed by atoms with Crippen LogP contribution in [0.25, 0.3) is 0 Å². The van der Waals surface area contributed by atoms with Crippen molar-refractivity contribution in [1.29, 1.82) is 0 Å². The molecule has 1 fully saturated rings. The van der Waals surface area contributed by atoms with Crippen molar-refractivity contribution >= 4 is 24.0 Å². The normalized spacial score (nSPS) is 17.5. The molecule has 5 nitrogen and oxygen atoms in total. The minimum atomic E-state index is -0.741. The van der Waals surface area contributed by atoms with Gasteiger partial charge in [-0.15, -0.1) is 12.4 Å². The fourth-order valence-corrected chi connectivity index (χ4v) is 3.32. The Kier molecular flexibility index (Phi) is 8.69. The molecule has 2 rings (SSSR count). The van der Waals surface area contributed by atoms with Gasteiger partial charge in [0.2, 0.25) is 5.91 Å². The van der Waals surface area contributed by atoms with E-state index in [-0.39, 0.29) is 18.3 Å². The topological polar surface area (TPSA) is 52.8 Å². The van der Waals surface area contributed by atoms with Crippen molar-refractivity contribution in [1.82, 2.24) is 9.80 Å². The van der Waals surface area contributed by atoms with Gasteiger partial charge in [0.15, 0.2) is 0 Å². The average molecular weight is 369 g/mol. The molecule has 1 atom stereocenters. The molecular weight excluding hydrogens is 336 g/mol. The summed E-state index contributed by atoms with van der Waals surface area (Å²) in [5, 5.41) is 0. The molecule has 1 unspecified atom stereocenters. The monoisotopic (exact) mass is 368 g/mol. The first-order valence-corrected chi connectivity index (χ1v) is 9.01. The fraction of sp³-hybridized carbons (Fsp3) is 0.632. The maximum atomic E-state index is 12.4. The summed E-state index contributed by atoms with van der Waals surface area (Å²) < 4.78 is 0. The Labute approximate surface area is 158 Å². The summed E-state index contributed by atoms with van der Waals surface area (Å²) in [5.41, 5.74) is 6.71. The molecule has 0 radical (unpaired) electrons. The van der Waals surface area contributed by atoms with Crippen molar-refractivity contribution in [2.24, 2.45) is 5.73 Å². The molecule has 0 aromatic heterocycles. The van der Waals surface area contributed by atoms with Gasteiger partial charge in [-0.3, -0.25) is 9.69 Å². The van der Waals surface area contributed by atoms with E-state index >= 15 is 0 Å². The first-order chi connectivity index (χ1) is 11.4. The van der Waals surface area contributed by atoms with Crippen molar-refractivity contribution < 1.29 is 4.79 Å². The van der Waals surface area contributed by atoms with Crippen LogP contribution in [0.4, 0.5) is 5.69 Å². The maximum absolute atomic E-state index is 12.4. The maximum Gasteiger partial charge on any atom is 0.242 e. The largest absolute Gasteiger partial charge is 0.369 e. The first kappa shape index (κ1) is 21.7. The molecule has 1 aliphatic heterocycles. The summed E-state index contributed by atoms with van der Waals surface area (Å²) in [6.45, 7) is 9.68. The van der Waals surface area contributed by atoms with Gasteiger partial charge >= 0.3 is 0 Å². The lowest BCUT2D eigenvalue weighted by Crippen LogP contribution is -2.54. The molecule has 2 N–H and O–H groups in total. The van der Waals surface area contributed by atoms with Gasteiger partial charge in [0.05, 0.1) is 5.54 Å². The number of anilines is 1. The lowest BCUT2D eigenvalue weighted by molar-refractivity contribution is -0.135. The van der Waals surface area contributed by atoms with Crippen LogP contribution in [0, 0.1) is 0 Å². The summed E-state index contributed by atoms with van der Waals surface area (Å²) in [7, 11) is 1.86. The second-order valence-electron chi connectivity index (χ2n) is 7.06. The first-order valence-electron chi connectivity index (χ1n) is 9.01. The number of para-hydroxylation sites is 1. The van der Waals surface area contributed by atoms with E-state index in [9.17, 15) is 4.79 Å². The Morgan fingerprint density at radius 2 is 1.80 bits per heavy atom. The number of benzene rings is 1. The molecule has 1 heterocycles. The number of likely N-dealkylation sites (N-methyl/N-ethyl adjacent to an activating group) is 1. The Morgan fingerprint density at radius 3 is 2.36 bits per heavy atom. The Morgan fingerprint density at radius 1 is 1.20 bits per heavy atom. The molecule has 0 bridgehead atoms. The van der Waals surface area contributed by atoms with E-state index in [0.717, 1.165) is 52.1 Å². The molecule has 1 aromatic rings. The van der Waals surface area contributed by atoms with Crippen LogP contribution in [0.5, 0.6) is 0 Å². The van der Waals surface area contributed by atoms with Gasteiger partial charge in [-0.2, -0.15) is 0 Å². The second-order valence-corrected chi connectivity index (χ2v) is 7.06. The highest BCUT2D eigenvalue weighted by Gasteiger charge is 2.30. The number of nitrogens with two attached hydrogens (primary N) is 1. The predicted octanol–water partition coefficient (Wildman–Crippen LogP) is 2.21. The number of amides is 1. The van der Waals surface area contributed by atoms with Crippen LogP contribution in [-0.4, -0.2) is 67.6 Å². The number of piperazine rings is 1. The smallest absolute Gasteiger partial charge is 0.242 e. The van der Waals surface area contributed by atoms with Gasteiger partial charge in [0.1, 0.15) is 0 Å². The average Bonchev–Trinajstić information content (AvgIpc) is 2.60. The molecule has 6 heteroatoms. The summed E-state index contributed by atoms with van der Waals surface area (Å²) in [6, 6.07) is 10.6. The molecule has 142 valence electrons. The standard InChI is InChI=1S/C19H32N4O.ClH/c1-4-10-19(2,20)18(24)21(3)11-12-22-13-15-23(16-14-22)17-8-6-5-7-9-17;/h5-9H,4,10-16,20H2,1-3H3;1H. The molecular formula is C19H33ClN4O. The number of nitrogens with zero attached hydrogens (tertiary/aromatic N) is 3. The minimum Gasteiger partial charge on any atom is -0.369 e. The lowest BCUT2D eigenvalue weighted by atomic mass is 9.96. The van der Waals surface area contributed by atoms with Crippen LogP contribution >= 0.6 is 12.4 Å². The third-order valence-electron chi connectivity index (χ3n) is 4.85. The summed E-state index contributed by atoms with van der Waals surface area (Å²) in [4.78, 5) is 19.1. The van der Waals surface area contributed by atoms with Crippen molar-refractivity contribution in [3.05, 3.63) is 30.3 Å². The summed E-state index contributed by atoms with van der Waals surface area (Å²) >= 11 is 0. The zero-order chi connectivity index (χ0) is 17.6. The highest BCUT2D eigenvalue weighted by molar-refractivity contribution is 5.85. The highest BCUT2D eigenvalue weighted by Crippen LogP contribution is 2.16. The van der Waals surface area contributed by atoms with Crippen LogP contribution in [0.1, 0.15) is 26.7 Å². The Bertz CT molecular complexity index is 515. The molecule has 0 spiro atoms. The van der Waals surface area contributed by atoms with Crippen molar-refractivity contribution in [2.45, 2.75) is 32.2 Å². The van der Waals surface area contributed by atoms with Crippen LogP contribution in [0.2, 0.25) is 0 Å². The quantitative estimate of drug-likeness (QED) is 0.801. The van der Waals surface area contributed by atoms with Gasteiger partial charge < -0.3 is 15.5 Å². The number of halogens is 1. The van der Waals surface area contributed by atoms with Gasteiger partial charge in [-0.05, 0) is 25.5 Å². The van der Waals surface area contributed by atoms with E-state index in [4.69, 9.17) is 5.73 Å².